The minimum atomic E-state index is -0.464. The lowest BCUT2D eigenvalue weighted by atomic mass is 10.3. The molecule has 0 spiro atoms. The van der Waals surface area contributed by atoms with Crippen molar-refractivity contribution in [1.29, 1.82) is 0 Å². The number of nitrogens with zero attached hydrogens (tertiary/aromatic N) is 2. The van der Waals surface area contributed by atoms with E-state index in [2.05, 4.69) is 10.3 Å². The van der Waals surface area contributed by atoms with Gasteiger partial charge in [-0.15, -0.1) is 11.3 Å². The molecule has 0 unspecified atom stereocenters. The second kappa shape index (κ2) is 4.69. The zero-order chi connectivity index (χ0) is 13.2. The summed E-state index contributed by atoms with van der Waals surface area (Å²) in [7, 11) is 0. The van der Waals surface area contributed by atoms with Gasteiger partial charge in [0.1, 0.15) is 0 Å². The van der Waals surface area contributed by atoms with Crippen molar-refractivity contribution in [2.45, 2.75) is 6.54 Å². The monoisotopic (exact) mass is 275 g/mol. The number of anilines is 1. The van der Waals surface area contributed by atoms with E-state index in [4.69, 9.17) is 4.42 Å². The van der Waals surface area contributed by atoms with E-state index in [0.29, 0.717) is 12.1 Å². The fraction of sp³-hybridized carbons (Fsp3) is 0.0833. The second-order valence-corrected chi connectivity index (χ2v) is 4.87. The molecule has 2 aromatic heterocycles. The summed E-state index contributed by atoms with van der Waals surface area (Å²) in [6, 6.07) is 8.88. The SMILES string of the molecule is O=[N+]([O-])c1cccc2oc(NCc3cccs3)nc12. The van der Waals surface area contributed by atoms with Gasteiger partial charge in [-0.1, -0.05) is 12.1 Å². The van der Waals surface area contributed by atoms with E-state index in [9.17, 15) is 10.1 Å². The number of hydrogen-bond donors (Lipinski definition) is 1. The fourth-order valence-electron chi connectivity index (χ4n) is 1.73. The van der Waals surface area contributed by atoms with Crippen LogP contribution in [0.25, 0.3) is 11.1 Å². The first-order valence-electron chi connectivity index (χ1n) is 5.54. The Kier molecular flexibility index (Phi) is 2.88. The first-order chi connectivity index (χ1) is 9.24. The molecule has 2 heterocycles. The van der Waals surface area contributed by atoms with Crippen LogP contribution in [0.3, 0.4) is 0 Å². The van der Waals surface area contributed by atoms with Crippen LogP contribution < -0.4 is 5.32 Å². The van der Waals surface area contributed by atoms with Gasteiger partial charge in [-0.3, -0.25) is 10.1 Å². The molecule has 19 heavy (non-hydrogen) atoms. The van der Waals surface area contributed by atoms with Gasteiger partial charge in [0.25, 0.3) is 11.7 Å². The van der Waals surface area contributed by atoms with Gasteiger partial charge in [-0.05, 0) is 17.5 Å². The molecule has 6 nitrogen and oxygen atoms in total. The average molecular weight is 275 g/mol. The van der Waals surface area contributed by atoms with Crippen LogP contribution in [0.5, 0.6) is 0 Å². The molecule has 0 fully saturated rings. The van der Waals surface area contributed by atoms with Gasteiger partial charge in [0, 0.05) is 10.9 Å². The van der Waals surface area contributed by atoms with E-state index in [1.165, 1.54) is 6.07 Å². The van der Waals surface area contributed by atoms with Crippen LogP contribution in [0.15, 0.2) is 40.1 Å². The lowest BCUT2D eigenvalue weighted by molar-refractivity contribution is -0.383. The molecule has 1 aromatic carbocycles. The van der Waals surface area contributed by atoms with Crippen molar-refractivity contribution in [2.24, 2.45) is 0 Å². The van der Waals surface area contributed by atoms with Crippen LogP contribution in [0.4, 0.5) is 11.7 Å². The van der Waals surface area contributed by atoms with Crippen molar-refractivity contribution in [3.8, 4) is 0 Å². The quantitative estimate of drug-likeness (QED) is 0.583. The number of fused-ring (bicyclic) bond motifs is 1. The number of aromatic nitrogens is 1. The third-order valence-corrected chi connectivity index (χ3v) is 3.46. The van der Waals surface area contributed by atoms with Crippen LogP contribution in [0, 0.1) is 10.1 Å². The predicted molar refractivity (Wildman–Crippen MR) is 72.3 cm³/mol. The third-order valence-electron chi connectivity index (χ3n) is 2.59. The van der Waals surface area contributed by atoms with Crippen LogP contribution in [-0.2, 0) is 6.54 Å². The highest BCUT2D eigenvalue weighted by Gasteiger charge is 2.17. The number of benzene rings is 1. The summed E-state index contributed by atoms with van der Waals surface area (Å²) < 4.78 is 5.44. The van der Waals surface area contributed by atoms with Crippen molar-refractivity contribution in [2.75, 3.05) is 5.32 Å². The molecule has 0 aliphatic heterocycles. The minimum absolute atomic E-state index is 0.0505. The minimum Gasteiger partial charge on any atom is -0.423 e. The Bertz CT molecular complexity index is 721. The van der Waals surface area contributed by atoms with E-state index in [1.807, 2.05) is 17.5 Å². The van der Waals surface area contributed by atoms with Gasteiger partial charge in [-0.2, -0.15) is 4.98 Å². The average Bonchev–Trinajstić information content (AvgIpc) is 3.04. The highest BCUT2D eigenvalue weighted by atomic mass is 32.1. The summed E-state index contributed by atoms with van der Waals surface area (Å²) >= 11 is 1.62. The molecular weight excluding hydrogens is 266 g/mol. The molecule has 0 aliphatic carbocycles. The van der Waals surface area contributed by atoms with Gasteiger partial charge in [-0.25, -0.2) is 0 Å². The topological polar surface area (TPSA) is 81.2 Å². The number of oxazole rings is 1. The Morgan fingerprint density at radius 2 is 2.26 bits per heavy atom. The molecule has 1 N–H and O–H groups in total. The summed E-state index contributed by atoms with van der Waals surface area (Å²) in [6.45, 7) is 0.582. The summed E-state index contributed by atoms with van der Waals surface area (Å²) in [5, 5.41) is 15.9. The molecule has 0 radical (unpaired) electrons. The zero-order valence-corrected chi connectivity index (χ0v) is 10.5. The smallest absolute Gasteiger partial charge is 0.298 e. The Morgan fingerprint density at radius 3 is 3.00 bits per heavy atom. The Balaban J connectivity index is 1.89. The second-order valence-electron chi connectivity index (χ2n) is 3.83. The van der Waals surface area contributed by atoms with Crippen molar-refractivity contribution < 1.29 is 9.34 Å². The first-order valence-corrected chi connectivity index (χ1v) is 6.42. The molecule has 96 valence electrons. The fourth-order valence-corrected chi connectivity index (χ4v) is 2.38. The molecule has 0 bridgehead atoms. The van der Waals surface area contributed by atoms with Crippen molar-refractivity contribution in [1.82, 2.24) is 4.98 Å². The van der Waals surface area contributed by atoms with Gasteiger partial charge in [0.15, 0.2) is 11.1 Å². The number of nitro groups is 1. The summed E-state index contributed by atoms with van der Waals surface area (Å²) in [5.74, 6) is 0. The molecule has 7 heteroatoms. The maximum Gasteiger partial charge on any atom is 0.298 e. The van der Waals surface area contributed by atoms with Gasteiger partial charge in [0.2, 0.25) is 0 Å². The standard InChI is InChI=1S/C12H9N3O3S/c16-15(17)9-4-1-5-10-11(9)14-12(18-10)13-7-8-3-2-6-19-8/h1-6H,7H2,(H,13,14). The van der Waals surface area contributed by atoms with E-state index in [-0.39, 0.29) is 17.2 Å². The number of nitrogens with one attached hydrogen (secondary N) is 1. The van der Waals surface area contributed by atoms with Gasteiger partial charge >= 0.3 is 0 Å². The van der Waals surface area contributed by atoms with Crippen molar-refractivity contribution in [3.05, 3.63) is 50.7 Å². The maximum atomic E-state index is 10.9. The number of rotatable bonds is 4. The molecular formula is C12H9N3O3S. The molecule has 0 aliphatic rings. The van der Waals surface area contributed by atoms with E-state index >= 15 is 0 Å². The Hall–Kier alpha value is -2.41. The van der Waals surface area contributed by atoms with Crippen molar-refractivity contribution in [3.63, 3.8) is 0 Å². The number of thiophene rings is 1. The van der Waals surface area contributed by atoms with Gasteiger partial charge < -0.3 is 9.73 Å². The third kappa shape index (κ3) is 2.27. The lowest BCUT2D eigenvalue weighted by Crippen LogP contribution is -1.97. The molecule has 0 amide bonds. The number of nitro benzene ring substituents is 1. The molecule has 0 saturated heterocycles. The van der Waals surface area contributed by atoms with E-state index < -0.39 is 4.92 Å². The number of para-hydroxylation sites is 1. The van der Waals surface area contributed by atoms with E-state index in [1.54, 1.807) is 23.5 Å². The van der Waals surface area contributed by atoms with Crippen LogP contribution in [0.2, 0.25) is 0 Å². The van der Waals surface area contributed by atoms with Crippen molar-refractivity contribution >= 4 is 34.1 Å². The largest absolute Gasteiger partial charge is 0.423 e. The summed E-state index contributed by atoms with van der Waals surface area (Å²) in [4.78, 5) is 15.7. The Morgan fingerprint density at radius 1 is 1.37 bits per heavy atom. The molecule has 0 saturated carbocycles. The molecule has 3 rings (SSSR count). The van der Waals surface area contributed by atoms with Crippen LogP contribution >= 0.6 is 11.3 Å². The summed E-state index contributed by atoms with van der Waals surface area (Å²) in [5.41, 5.74) is 0.620. The number of non-ortho nitro benzene ring substituents is 1. The highest BCUT2D eigenvalue weighted by molar-refractivity contribution is 7.09. The molecule has 0 atom stereocenters. The zero-order valence-electron chi connectivity index (χ0n) is 9.70. The maximum absolute atomic E-state index is 10.9. The highest BCUT2D eigenvalue weighted by Crippen LogP contribution is 2.27. The normalized spacial score (nSPS) is 10.7. The van der Waals surface area contributed by atoms with E-state index in [0.717, 1.165) is 4.88 Å². The predicted octanol–water partition coefficient (Wildman–Crippen LogP) is 3.41. The lowest BCUT2D eigenvalue weighted by Gasteiger charge is -1.96. The Labute approximate surface area is 111 Å². The van der Waals surface area contributed by atoms with Crippen LogP contribution in [0.1, 0.15) is 4.88 Å². The summed E-state index contributed by atoms with van der Waals surface area (Å²) in [6.07, 6.45) is 0. The van der Waals surface area contributed by atoms with Gasteiger partial charge in [0.05, 0.1) is 11.5 Å². The first kappa shape index (κ1) is 11.7. The number of hydrogen-bond acceptors (Lipinski definition) is 6. The van der Waals surface area contributed by atoms with Crippen LogP contribution in [-0.4, -0.2) is 9.91 Å². The molecule has 3 aromatic rings.